The molecule has 0 fully saturated rings. The Hall–Kier alpha value is -0.273. The van der Waals surface area contributed by atoms with Gasteiger partial charge in [-0.3, -0.25) is 9.59 Å². The van der Waals surface area contributed by atoms with E-state index < -0.39 is 29.9 Å². The Morgan fingerprint density at radius 2 is 1.76 bits per heavy atom. The van der Waals surface area contributed by atoms with Crippen LogP contribution in [0, 0.1) is 0 Å². The minimum Gasteiger partial charge on any atom is -0.466 e. The lowest BCUT2D eigenvalue weighted by Crippen LogP contribution is -2.23. The molecular formula is C16H27Cl3O5Si. The Kier molecular flexibility index (Phi) is 12.0. The highest BCUT2D eigenvalue weighted by Gasteiger charge is 2.21. The van der Waals surface area contributed by atoms with Crippen LogP contribution in [0.3, 0.4) is 0 Å². The highest BCUT2D eigenvalue weighted by molar-refractivity contribution is 6.76. The molecule has 5 nitrogen and oxygen atoms in total. The van der Waals surface area contributed by atoms with Gasteiger partial charge in [-0.2, -0.15) is 0 Å². The van der Waals surface area contributed by atoms with Crippen LogP contribution in [0.25, 0.3) is 0 Å². The number of alkyl halides is 3. The zero-order valence-corrected chi connectivity index (χ0v) is 18.2. The van der Waals surface area contributed by atoms with Crippen molar-refractivity contribution in [1.82, 2.24) is 0 Å². The second-order valence-corrected chi connectivity index (χ2v) is 15.0. The molecule has 1 atom stereocenters. The number of hydrogen-bond acceptors (Lipinski definition) is 5. The summed E-state index contributed by atoms with van der Waals surface area (Å²) in [5, 5.41) is 9.78. The summed E-state index contributed by atoms with van der Waals surface area (Å²) in [5.41, 5.74) is 0. The second kappa shape index (κ2) is 12.2. The van der Waals surface area contributed by atoms with Crippen LogP contribution in [0.2, 0.25) is 25.7 Å². The van der Waals surface area contributed by atoms with Crippen molar-refractivity contribution in [2.75, 3.05) is 13.2 Å². The molecule has 1 unspecified atom stereocenters. The number of ether oxygens (including phenoxy) is 2. The first-order valence-corrected chi connectivity index (χ1v) is 12.9. The molecule has 0 aromatic carbocycles. The van der Waals surface area contributed by atoms with Crippen LogP contribution in [0.4, 0.5) is 0 Å². The van der Waals surface area contributed by atoms with E-state index in [-0.39, 0.29) is 19.4 Å². The second-order valence-electron chi connectivity index (χ2n) is 6.91. The molecular weight excluding hydrogens is 407 g/mol. The van der Waals surface area contributed by atoms with E-state index in [1.807, 2.05) is 0 Å². The van der Waals surface area contributed by atoms with Gasteiger partial charge in [0.2, 0.25) is 3.79 Å². The van der Waals surface area contributed by atoms with E-state index in [9.17, 15) is 14.7 Å². The number of aliphatic hydroxyl groups is 1. The lowest BCUT2D eigenvalue weighted by Gasteiger charge is -2.15. The smallest absolute Gasteiger partial charge is 0.308 e. The molecule has 0 aromatic heterocycles. The predicted molar refractivity (Wildman–Crippen MR) is 104 cm³/mol. The molecule has 0 saturated carbocycles. The maximum absolute atomic E-state index is 11.6. The summed E-state index contributed by atoms with van der Waals surface area (Å²) in [7, 11) is -1.23. The average molecular weight is 434 g/mol. The van der Waals surface area contributed by atoms with Crippen molar-refractivity contribution in [2.45, 2.75) is 61.3 Å². The number of halogens is 3. The number of aliphatic hydroxyl groups excluding tert-OH is 1. The van der Waals surface area contributed by atoms with Gasteiger partial charge in [0.15, 0.2) is 0 Å². The molecule has 0 aliphatic rings. The van der Waals surface area contributed by atoms with Gasteiger partial charge in [0.05, 0.1) is 19.1 Å². The fraction of sp³-hybridized carbons (Fsp3) is 0.750. The largest absolute Gasteiger partial charge is 0.466 e. The molecule has 0 spiro atoms. The van der Waals surface area contributed by atoms with Crippen LogP contribution < -0.4 is 0 Å². The lowest BCUT2D eigenvalue weighted by atomic mass is 10.1. The molecule has 0 aromatic rings. The Balaban J connectivity index is 3.80. The number of allylic oxidation sites excluding steroid dienone is 1. The first-order valence-electron chi connectivity index (χ1n) is 8.10. The summed E-state index contributed by atoms with van der Waals surface area (Å²) in [5.74, 6) is -0.864. The van der Waals surface area contributed by atoms with Gasteiger partial charge in [0, 0.05) is 14.5 Å². The minimum absolute atomic E-state index is 0.0403. The van der Waals surface area contributed by atoms with Crippen LogP contribution in [0.1, 0.15) is 25.7 Å². The molecule has 0 rings (SSSR count). The molecule has 0 heterocycles. The van der Waals surface area contributed by atoms with E-state index in [4.69, 9.17) is 44.3 Å². The zero-order chi connectivity index (χ0) is 19.5. The van der Waals surface area contributed by atoms with E-state index in [1.165, 1.54) is 0 Å². The number of esters is 2. The standard InChI is InChI=1S/C16H27Cl3O5Si/c1-25(2,3)10-9-23-15(22)11-13(20)7-5-4-6-8-14(21)24-12-16(17,18)19/h4-5,13,20H,6-12H2,1-3H3/b5-4-. The number of hydrogen-bond donors (Lipinski definition) is 1. The molecule has 146 valence electrons. The van der Waals surface area contributed by atoms with E-state index in [0.717, 1.165) is 6.04 Å². The van der Waals surface area contributed by atoms with Gasteiger partial charge < -0.3 is 14.6 Å². The number of carbonyl (C=O) groups excluding carboxylic acids is 2. The molecule has 25 heavy (non-hydrogen) atoms. The quantitative estimate of drug-likeness (QED) is 0.228. The molecule has 0 bridgehead atoms. The normalized spacial score (nSPS) is 13.7. The highest BCUT2D eigenvalue weighted by Crippen LogP contribution is 2.26. The molecule has 0 aliphatic carbocycles. The summed E-state index contributed by atoms with van der Waals surface area (Å²) in [6, 6.07) is 0.906. The third-order valence-corrected chi connectivity index (χ3v) is 5.04. The van der Waals surface area contributed by atoms with Gasteiger partial charge in [-0.1, -0.05) is 66.6 Å². The summed E-state index contributed by atoms with van der Waals surface area (Å²) >= 11 is 16.4. The van der Waals surface area contributed by atoms with Crippen LogP contribution in [0.5, 0.6) is 0 Å². The Morgan fingerprint density at radius 3 is 2.32 bits per heavy atom. The molecule has 1 N–H and O–H groups in total. The fourth-order valence-corrected chi connectivity index (χ4v) is 2.49. The lowest BCUT2D eigenvalue weighted by molar-refractivity contribution is -0.145. The van der Waals surface area contributed by atoms with E-state index in [0.29, 0.717) is 19.4 Å². The van der Waals surface area contributed by atoms with Crippen LogP contribution in [0.15, 0.2) is 12.2 Å². The van der Waals surface area contributed by atoms with Crippen LogP contribution in [-0.4, -0.2) is 48.2 Å². The summed E-state index contributed by atoms with van der Waals surface area (Å²) in [4.78, 5) is 22.9. The predicted octanol–water partition coefficient (Wildman–Crippen LogP) is 4.26. The first kappa shape index (κ1) is 24.7. The van der Waals surface area contributed by atoms with Gasteiger partial charge in [-0.25, -0.2) is 0 Å². The van der Waals surface area contributed by atoms with Crippen LogP contribution in [-0.2, 0) is 19.1 Å². The van der Waals surface area contributed by atoms with Crippen molar-refractivity contribution in [3.8, 4) is 0 Å². The third-order valence-electron chi connectivity index (χ3n) is 3.00. The SMILES string of the molecule is C[Si](C)(C)CCOC(=O)CC(O)C/C=C\CCC(=O)OCC(Cl)(Cl)Cl. The zero-order valence-electron chi connectivity index (χ0n) is 14.9. The maximum Gasteiger partial charge on any atom is 0.308 e. The van der Waals surface area contributed by atoms with Crippen molar-refractivity contribution in [2.24, 2.45) is 0 Å². The Labute approximate surface area is 165 Å². The van der Waals surface area contributed by atoms with Gasteiger partial charge >= 0.3 is 11.9 Å². The van der Waals surface area contributed by atoms with E-state index in [1.54, 1.807) is 12.2 Å². The molecule has 0 amide bonds. The highest BCUT2D eigenvalue weighted by atomic mass is 35.6. The first-order chi connectivity index (χ1) is 11.4. The van der Waals surface area contributed by atoms with Crippen molar-refractivity contribution < 1.29 is 24.2 Å². The molecule has 0 aliphatic heterocycles. The number of rotatable bonds is 11. The van der Waals surface area contributed by atoms with Crippen molar-refractivity contribution in [1.29, 1.82) is 0 Å². The van der Waals surface area contributed by atoms with Crippen LogP contribution >= 0.6 is 34.8 Å². The average Bonchev–Trinajstić information content (AvgIpc) is 2.42. The minimum atomic E-state index is -1.61. The van der Waals surface area contributed by atoms with E-state index in [2.05, 4.69) is 19.6 Å². The fourth-order valence-electron chi connectivity index (χ4n) is 1.61. The van der Waals surface area contributed by atoms with Gasteiger partial charge in [0.1, 0.15) is 6.61 Å². The van der Waals surface area contributed by atoms with Gasteiger partial charge in [-0.15, -0.1) is 0 Å². The molecule has 9 heteroatoms. The van der Waals surface area contributed by atoms with Crippen molar-refractivity contribution in [3.63, 3.8) is 0 Å². The van der Waals surface area contributed by atoms with Crippen molar-refractivity contribution in [3.05, 3.63) is 12.2 Å². The maximum atomic E-state index is 11.6. The topological polar surface area (TPSA) is 72.8 Å². The monoisotopic (exact) mass is 432 g/mol. The van der Waals surface area contributed by atoms with Crippen molar-refractivity contribution >= 4 is 54.8 Å². The molecule has 0 saturated heterocycles. The Bertz CT molecular complexity index is 444. The van der Waals surface area contributed by atoms with E-state index >= 15 is 0 Å². The van der Waals surface area contributed by atoms with Gasteiger partial charge in [-0.05, 0) is 18.9 Å². The third kappa shape index (κ3) is 18.3. The summed E-state index contributed by atoms with van der Waals surface area (Å²) in [6.45, 7) is 6.72. The van der Waals surface area contributed by atoms with Gasteiger partial charge in [0.25, 0.3) is 0 Å². The summed E-state index contributed by atoms with van der Waals surface area (Å²) in [6.07, 6.45) is 3.50. The summed E-state index contributed by atoms with van der Waals surface area (Å²) < 4.78 is 8.28. The molecule has 0 radical (unpaired) electrons. The number of carbonyl (C=O) groups is 2. The Morgan fingerprint density at radius 1 is 1.12 bits per heavy atom.